The van der Waals surface area contributed by atoms with Crippen molar-refractivity contribution in [2.45, 2.75) is 18.9 Å². The van der Waals surface area contributed by atoms with Crippen LogP contribution in [0.2, 0.25) is 0 Å². The van der Waals surface area contributed by atoms with Crippen LogP contribution in [0.25, 0.3) is 0 Å². The Labute approximate surface area is 161 Å². The molecule has 0 radical (unpaired) electrons. The summed E-state index contributed by atoms with van der Waals surface area (Å²) in [4.78, 5) is 10.7. The van der Waals surface area contributed by atoms with E-state index in [0.29, 0.717) is 5.75 Å². The second-order valence-electron chi connectivity index (χ2n) is 6.48. The van der Waals surface area contributed by atoms with Gasteiger partial charge in [-0.1, -0.05) is 30.3 Å². The Morgan fingerprint density at radius 1 is 1.11 bits per heavy atom. The number of ether oxygens (including phenoxy) is 2. The average molecular weight is 372 g/mol. The van der Waals surface area contributed by atoms with E-state index in [2.05, 4.69) is 12.1 Å². The normalized spacial score (nSPS) is 15.0. The standard InChI is InChI=1S/C22H16N2O4/c23-14-15-6-9-22(19(12-15)24(25)26)27-18-8-11-21-17(13-18)7-10-20(28-21)16-4-2-1-3-5-16/h1-6,8-9,11-13,20H,7,10H2. The van der Waals surface area contributed by atoms with Gasteiger partial charge >= 0.3 is 5.69 Å². The van der Waals surface area contributed by atoms with Gasteiger partial charge in [-0.25, -0.2) is 0 Å². The Balaban J connectivity index is 1.57. The van der Waals surface area contributed by atoms with E-state index in [1.165, 1.54) is 18.2 Å². The van der Waals surface area contributed by atoms with Crippen molar-refractivity contribution < 1.29 is 14.4 Å². The maximum Gasteiger partial charge on any atom is 0.312 e. The van der Waals surface area contributed by atoms with E-state index < -0.39 is 4.92 Å². The van der Waals surface area contributed by atoms with Gasteiger partial charge in [-0.15, -0.1) is 0 Å². The number of aryl methyl sites for hydroxylation is 1. The Kier molecular flexibility index (Phi) is 4.65. The quantitative estimate of drug-likeness (QED) is 0.457. The summed E-state index contributed by atoms with van der Waals surface area (Å²) in [5.41, 5.74) is 2.12. The molecule has 0 aromatic heterocycles. The number of nitriles is 1. The predicted molar refractivity (Wildman–Crippen MR) is 102 cm³/mol. The highest BCUT2D eigenvalue weighted by Crippen LogP contribution is 2.39. The van der Waals surface area contributed by atoms with Crippen LogP contribution in [0.5, 0.6) is 17.2 Å². The molecule has 6 nitrogen and oxygen atoms in total. The van der Waals surface area contributed by atoms with E-state index in [1.807, 2.05) is 36.4 Å². The number of benzene rings is 3. The summed E-state index contributed by atoms with van der Waals surface area (Å²) in [6, 6.07) is 21.5. The molecule has 6 heteroatoms. The summed E-state index contributed by atoms with van der Waals surface area (Å²) in [7, 11) is 0. The van der Waals surface area contributed by atoms with Crippen LogP contribution in [-0.4, -0.2) is 4.92 Å². The minimum absolute atomic E-state index is 0.0140. The van der Waals surface area contributed by atoms with E-state index in [9.17, 15) is 10.1 Å². The van der Waals surface area contributed by atoms with Crippen molar-refractivity contribution in [3.05, 3.63) is 93.5 Å². The first-order valence-corrected chi connectivity index (χ1v) is 8.85. The molecule has 0 aliphatic carbocycles. The third-order valence-electron chi connectivity index (χ3n) is 4.66. The highest BCUT2D eigenvalue weighted by Gasteiger charge is 2.22. The van der Waals surface area contributed by atoms with Crippen molar-refractivity contribution in [1.29, 1.82) is 5.26 Å². The molecule has 1 heterocycles. The zero-order chi connectivity index (χ0) is 19.5. The number of rotatable bonds is 4. The zero-order valence-corrected chi connectivity index (χ0v) is 14.9. The molecule has 0 amide bonds. The van der Waals surface area contributed by atoms with Crippen LogP contribution in [0.15, 0.2) is 66.7 Å². The molecule has 4 rings (SSSR count). The molecule has 3 aromatic rings. The van der Waals surface area contributed by atoms with Crippen LogP contribution in [0.3, 0.4) is 0 Å². The van der Waals surface area contributed by atoms with Crippen LogP contribution in [0.4, 0.5) is 5.69 Å². The summed E-state index contributed by atoms with van der Waals surface area (Å²) in [5.74, 6) is 1.39. The lowest BCUT2D eigenvalue weighted by atomic mass is 9.97. The lowest BCUT2D eigenvalue weighted by Crippen LogP contribution is -2.15. The van der Waals surface area contributed by atoms with Crippen molar-refractivity contribution in [2.24, 2.45) is 0 Å². The maximum absolute atomic E-state index is 11.3. The summed E-state index contributed by atoms with van der Waals surface area (Å²) in [5, 5.41) is 20.2. The van der Waals surface area contributed by atoms with Gasteiger partial charge in [0.2, 0.25) is 5.75 Å². The van der Waals surface area contributed by atoms with Crippen molar-refractivity contribution in [2.75, 3.05) is 0 Å². The number of hydrogen-bond donors (Lipinski definition) is 0. The fraction of sp³-hybridized carbons (Fsp3) is 0.136. The number of fused-ring (bicyclic) bond motifs is 1. The van der Waals surface area contributed by atoms with Gasteiger partial charge in [0.05, 0.1) is 16.6 Å². The summed E-state index contributed by atoms with van der Waals surface area (Å²) in [6.07, 6.45) is 1.68. The van der Waals surface area contributed by atoms with Gasteiger partial charge in [-0.2, -0.15) is 5.26 Å². The third kappa shape index (κ3) is 3.51. The molecule has 138 valence electrons. The van der Waals surface area contributed by atoms with Crippen molar-refractivity contribution in [1.82, 2.24) is 0 Å². The van der Waals surface area contributed by atoms with Gasteiger partial charge in [0.1, 0.15) is 17.6 Å². The second kappa shape index (κ2) is 7.41. The molecule has 0 saturated heterocycles. The minimum Gasteiger partial charge on any atom is -0.485 e. The van der Waals surface area contributed by atoms with E-state index in [4.69, 9.17) is 14.7 Å². The average Bonchev–Trinajstić information content (AvgIpc) is 2.74. The van der Waals surface area contributed by atoms with Gasteiger partial charge in [0.25, 0.3) is 0 Å². The van der Waals surface area contributed by atoms with Crippen LogP contribution in [0, 0.1) is 21.4 Å². The molecular formula is C22H16N2O4. The second-order valence-corrected chi connectivity index (χ2v) is 6.48. The maximum atomic E-state index is 11.3. The molecule has 1 aliphatic rings. The number of nitro groups is 1. The molecule has 0 spiro atoms. The zero-order valence-electron chi connectivity index (χ0n) is 14.9. The first-order chi connectivity index (χ1) is 13.6. The topological polar surface area (TPSA) is 85.4 Å². The predicted octanol–water partition coefficient (Wildman–Crippen LogP) is 5.33. The molecule has 1 aliphatic heterocycles. The number of nitrogens with zero attached hydrogens (tertiary/aromatic N) is 2. The molecule has 28 heavy (non-hydrogen) atoms. The van der Waals surface area contributed by atoms with Crippen molar-refractivity contribution in [3.63, 3.8) is 0 Å². The van der Waals surface area contributed by atoms with E-state index in [-0.39, 0.29) is 23.1 Å². The fourth-order valence-electron chi connectivity index (χ4n) is 3.27. The van der Waals surface area contributed by atoms with Gasteiger partial charge < -0.3 is 9.47 Å². The third-order valence-corrected chi connectivity index (χ3v) is 4.66. The molecular weight excluding hydrogens is 356 g/mol. The van der Waals surface area contributed by atoms with E-state index in [1.54, 1.807) is 6.07 Å². The van der Waals surface area contributed by atoms with Gasteiger partial charge in [0, 0.05) is 6.07 Å². The van der Waals surface area contributed by atoms with E-state index in [0.717, 1.165) is 29.7 Å². The van der Waals surface area contributed by atoms with Crippen LogP contribution < -0.4 is 9.47 Å². The van der Waals surface area contributed by atoms with Crippen molar-refractivity contribution >= 4 is 5.69 Å². The van der Waals surface area contributed by atoms with Crippen LogP contribution in [-0.2, 0) is 6.42 Å². The lowest BCUT2D eigenvalue weighted by molar-refractivity contribution is -0.385. The molecule has 3 aromatic carbocycles. The SMILES string of the molecule is N#Cc1ccc(Oc2ccc3c(c2)CCC(c2ccccc2)O3)c([N+](=O)[O-])c1. The van der Waals surface area contributed by atoms with Crippen LogP contribution in [0.1, 0.15) is 29.2 Å². The largest absolute Gasteiger partial charge is 0.485 e. The molecule has 0 N–H and O–H groups in total. The van der Waals surface area contributed by atoms with Gasteiger partial charge in [-0.05, 0) is 54.3 Å². The Morgan fingerprint density at radius 3 is 2.68 bits per heavy atom. The molecule has 0 bridgehead atoms. The number of hydrogen-bond acceptors (Lipinski definition) is 5. The smallest absolute Gasteiger partial charge is 0.312 e. The molecule has 1 atom stereocenters. The summed E-state index contributed by atoms with van der Waals surface area (Å²) < 4.78 is 11.9. The monoisotopic (exact) mass is 372 g/mol. The first kappa shape index (κ1) is 17.6. The lowest BCUT2D eigenvalue weighted by Gasteiger charge is -2.26. The molecule has 0 fully saturated rings. The molecule has 1 unspecified atom stereocenters. The van der Waals surface area contributed by atoms with Crippen LogP contribution >= 0.6 is 0 Å². The first-order valence-electron chi connectivity index (χ1n) is 8.85. The Morgan fingerprint density at radius 2 is 1.93 bits per heavy atom. The fourth-order valence-corrected chi connectivity index (χ4v) is 3.27. The molecule has 0 saturated carbocycles. The Hall–Kier alpha value is -3.85. The highest BCUT2D eigenvalue weighted by atomic mass is 16.6. The number of nitro benzene ring substituents is 1. The van der Waals surface area contributed by atoms with Gasteiger partial charge in [-0.3, -0.25) is 10.1 Å². The highest BCUT2D eigenvalue weighted by molar-refractivity contribution is 5.54. The Bertz CT molecular complexity index is 1070. The minimum atomic E-state index is -0.553. The van der Waals surface area contributed by atoms with E-state index >= 15 is 0 Å². The van der Waals surface area contributed by atoms with Gasteiger partial charge in [0.15, 0.2) is 0 Å². The summed E-state index contributed by atoms with van der Waals surface area (Å²) in [6.45, 7) is 0. The van der Waals surface area contributed by atoms with Crippen molar-refractivity contribution in [3.8, 4) is 23.3 Å². The summed E-state index contributed by atoms with van der Waals surface area (Å²) >= 11 is 0.